The number of ether oxygens (including phenoxy) is 1. The lowest BCUT2D eigenvalue weighted by Gasteiger charge is -2.08. The number of rotatable bonds is 5. The van der Waals surface area contributed by atoms with Gasteiger partial charge in [-0.3, -0.25) is 0 Å². The van der Waals surface area contributed by atoms with Crippen molar-refractivity contribution < 1.29 is 4.74 Å². The second-order valence-corrected chi connectivity index (χ2v) is 2.31. The van der Waals surface area contributed by atoms with Gasteiger partial charge in [0, 0.05) is 6.61 Å². The minimum Gasteiger partial charge on any atom is -0.366 e. The maximum Gasteiger partial charge on any atom is 0.117 e. The van der Waals surface area contributed by atoms with Crippen molar-refractivity contribution in [2.75, 3.05) is 6.61 Å². The molecule has 0 bridgehead atoms. The number of hydrogen-bond acceptors (Lipinski definition) is 1. The largest absolute Gasteiger partial charge is 0.366 e. The average Bonchev–Trinajstić information content (AvgIpc) is 1.98. The van der Waals surface area contributed by atoms with Crippen LogP contribution in [-0.2, 0) is 4.74 Å². The smallest absolute Gasteiger partial charge is 0.117 e. The van der Waals surface area contributed by atoms with Crippen LogP contribution >= 0.6 is 0 Å². The fourth-order valence-corrected chi connectivity index (χ4v) is 0.737. The summed E-state index contributed by atoms with van der Waals surface area (Å²) >= 11 is 0. The summed E-state index contributed by atoms with van der Waals surface area (Å²) in [5.74, 6) is 2.62. The first-order chi connectivity index (χ1) is 4.85. The van der Waals surface area contributed by atoms with Gasteiger partial charge in [-0.1, -0.05) is 26.2 Å². The zero-order valence-electron chi connectivity index (χ0n) is 6.89. The monoisotopic (exact) mass is 140 g/mol. The Morgan fingerprint density at radius 3 is 2.50 bits per heavy atom. The Balaban J connectivity index is 3.33. The van der Waals surface area contributed by atoms with Crippen LogP contribution in [0.25, 0.3) is 0 Å². The van der Waals surface area contributed by atoms with Gasteiger partial charge in [0.25, 0.3) is 0 Å². The summed E-state index contributed by atoms with van der Waals surface area (Å²) in [6.45, 7) is 4.98. The van der Waals surface area contributed by atoms with Crippen molar-refractivity contribution in [2.24, 2.45) is 0 Å². The molecule has 1 nitrogen and oxygen atoms in total. The van der Waals surface area contributed by atoms with Crippen LogP contribution in [0.5, 0.6) is 0 Å². The second-order valence-electron chi connectivity index (χ2n) is 2.31. The van der Waals surface area contributed by atoms with E-state index in [1.807, 2.05) is 0 Å². The standard InChI is InChI=1S/C9H16O/c1-4-7-9(6-3)10-8-5-2/h3,9H,4-5,7-8H2,1-2H3. The molecule has 0 aliphatic carbocycles. The molecule has 0 spiro atoms. The SMILES string of the molecule is C#CC(CCC)OCCC. The minimum atomic E-state index is 0.0462. The van der Waals surface area contributed by atoms with Crippen molar-refractivity contribution in [1.82, 2.24) is 0 Å². The molecular weight excluding hydrogens is 124 g/mol. The highest BCUT2D eigenvalue weighted by Gasteiger charge is 2.00. The first-order valence-corrected chi connectivity index (χ1v) is 3.92. The van der Waals surface area contributed by atoms with E-state index in [-0.39, 0.29) is 6.10 Å². The van der Waals surface area contributed by atoms with Gasteiger partial charge < -0.3 is 4.74 Å². The van der Waals surface area contributed by atoms with Crippen LogP contribution in [0.15, 0.2) is 0 Å². The van der Waals surface area contributed by atoms with Crippen LogP contribution in [0, 0.1) is 12.3 Å². The lowest BCUT2D eigenvalue weighted by Crippen LogP contribution is -2.10. The van der Waals surface area contributed by atoms with Crippen molar-refractivity contribution in [1.29, 1.82) is 0 Å². The predicted molar refractivity (Wildman–Crippen MR) is 43.8 cm³/mol. The van der Waals surface area contributed by atoms with Gasteiger partial charge >= 0.3 is 0 Å². The first kappa shape index (κ1) is 9.52. The molecule has 1 atom stereocenters. The van der Waals surface area contributed by atoms with Gasteiger partial charge in [0.05, 0.1) is 0 Å². The molecule has 0 aromatic rings. The normalized spacial score (nSPS) is 12.5. The van der Waals surface area contributed by atoms with Crippen LogP contribution in [0.4, 0.5) is 0 Å². The molecule has 0 aliphatic heterocycles. The summed E-state index contributed by atoms with van der Waals surface area (Å²) in [7, 11) is 0. The first-order valence-electron chi connectivity index (χ1n) is 3.92. The minimum absolute atomic E-state index is 0.0462. The molecule has 0 aromatic carbocycles. The predicted octanol–water partition coefficient (Wildman–Crippen LogP) is 2.21. The lowest BCUT2D eigenvalue weighted by molar-refractivity contribution is 0.0859. The summed E-state index contributed by atoms with van der Waals surface area (Å²) in [5.41, 5.74) is 0. The van der Waals surface area contributed by atoms with Crippen LogP contribution in [0.2, 0.25) is 0 Å². The average molecular weight is 140 g/mol. The molecule has 0 aromatic heterocycles. The molecule has 1 unspecified atom stereocenters. The highest BCUT2D eigenvalue weighted by molar-refractivity contribution is 4.94. The molecule has 10 heavy (non-hydrogen) atoms. The van der Waals surface area contributed by atoms with Crippen molar-refractivity contribution in [3.8, 4) is 12.3 Å². The third-order valence-electron chi connectivity index (χ3n) is 1.26. The molecule has 0 amide bonds. The second kappa shape index (κ2) is 6.64. The summed E-state index contributed by atoms with van der Waals surface area (Å²) in [6.07, 6.45) is 8.39. The van der Waals surface area contributed by atoms with Gasteiger partial charge in [-0.2, -0.15) is 0 Å². The van der Waals surface area contributed by atoms with Gasteiger partial charge in [-0.25, -0.2) is 0 Å². The molecule has 58 valence electrons. The third kappa shape index (κ3) is 4.40. The Hall–Kier alpha value is -0.480. The van der Waals surface area contributed by atoms with E-state index >= 15 is 0 Å². The molecule has 0 N–H and O–H groups in total. The zero-order chi connectivity index (χ0) is 7.82. The fourth-order valence-electron chi connectivity index (χ4n) is 0.737. The Morgan fingerprint density at radius 1 is 1.40 bits per heavy atom. The molecule has 1 heteroatoms. The van der Waals surface area contributed by atoms with Gasteiger partial charge in [0.2, 0.25) is 0 Å². The molecule has 0 heterocycles. The Morgan fingerprint density at radius 2 is 2.10 bits per heavy atom. The maximum atomic E-state index is 5.34. The highest BCUT2D eigenvalue weighted by atomic mass is 16.5. The molecule has 0 saturated heterocycles. The van der Waals surface area contributed by atoms with Crippen molar-refractivity contribution in [3.05, 3.63) is 0 Å². The Kier molecular flexibility index (Phi) is 6.32. The topological polar surface area (TPSA) is 9.23 Å². The summed E-state index contributed by atoms with van der Waals surface area (Å²) in [4.78, 5) is 0. The van der Waals surface area contributed by atoms with Crippen LogP contribution in [0.1, 0.15) is 33.1 Å². The summed E-state index contributed by atoms with van der Waals surface area (Å²) in [5, 5.41) is 0. The van der Waals surface area contributed by atoms with Gasteiger partial charge in [0.1, 0.15) is 6.10 Å². The molecule has 0 radical (unpaired) electrons. The van der Waals surface area contributed by atoms with Gasteiger partial charge in [-0.15, -0.1) is 6.42 Å². The van der Waals surface area contributed by atoms with Gasteiger partial charge in [-0.05, 0) is 12.8 Å². The summed E-state index contributed by atoms with van der Waals surface area (Å²) in [6, 6.07) is 0. The van der Waals surface area contributed by atoms with Crippen LogP contribution < -0.4 is 0 Å². The van der Waals surface area contributed by atoms with E-state index in [4.69, 9.17) is 11.2 Å². The fraction of sp³-hybridized carbons (Fsp3) is 0.778. The Labute approximate surface area is 63.8 Å². The molecule has 0 aliphatic rings. The van der Waals surface area contributed by atoms with Crippen LogP contribution in [-0.4, -0.2) is 12.7 Å². The van der Waals surface area contributed by atoms with Gasteiger partial charge in [0.15, 0.2) is 0 Å². The molecule has 0 saturated carbocycles. The van der Waals surface area contributed by atoms with Crippen molar-refractivity contribution >= 4 is 0 Å². The highest BCUT2D eigenvalue weighted by Crippen LogP contribution is 2.00. The Bertz CT molecular complexity index is 102. The van der Waals surface area contributed by atoms with Crippen molar-refractivity contribution in [2.45, 2.75) is 39.2 Å². The number of hydrogen-bond donors (Lipinski definition) is 0. The maximum absolute atomic E-state index is 5.34. The zero-order valence-corrected chi connectivity index (χ0v) is 6.89. The van der Waals surface area contributed by atoms with E-state index in [0.29, 0.717) is 0 Å². The van der Waals surface area contributed by atoms with E-state index in [9.17, 15) is 0 Å². The van der Waals surface area contributed by atoms with Crippen molar-refractivity contribution in [3.63, 3.8) is 0 Å². The number of terminal acetylenes is 1. The molecular formula is C9H16O. The van der Waals surface area contributed by atoms with E-state index in [2.05, 4.69) is 19.8 Å². The van der Waals surface area contributed by atoms with E-state index in [0.717, 1.165) is 25.9 Å². The quantitative estimate of drug-likeness (QED) is 0.532. The molecule has 0 fully saturated rings. The van der Waals surface area contributed by atoms with E-state index < -0.39 is 0 Å². The third-order valence-corrected chi connectivity index (χ3v) is 1.26. The van der Waals surface area contributed by atoms with Crippen LogP contribution in [0.3, 0.4) is 0 Å². The van der Waals surface area contributed by atoms with E-state index in [1.165, 1.54) is 0 Å². The summed E-state index contributed by atoms with van der Waals surface area (Å²) < 4.78 is 5.34. The van der Waals surface area contributed by atoms with E-state index in [1.54, 1.807) is 0 Å². The lowest BCUT2D eigenvalue weighted by atomic mass is 10.2. The molecule has 0 rings (SSSR count).